The second-order valence-corrected chi connectivity index (χ2v) is 5.50. The average molecular weight is 237 g/mol. The van der Waals surface area contributed by atoms with Gasteiger partial charge in [-0.25, -0.2) is 0 Å². The summed E-state index contributed by atoms with van der Waals surface area (Å²) in [5, 5.41) is 3.64. The van der Waals surface area contributed by atoms with Crippen LogP contribution in [0.4, 0.5) is 5.69 Å². The molecule has 1 aromatic rings. The minimum atomic E-state index is 0.455. The third-order valence-electron chi connectivity index (χ3n) is 4.52. The summed E-state index contributed by atoms with van der Waals surface area (Å²) in [4.78, 5) is 4.92. The average Bonchev–Trinajstić information content (AvgIpc) is 3.13. The molecule has 1 fully saturated rings. The van der Waals surface area contributed by atoms with E-state index >= 15 is 0 Å². The molecule has 0 aromatic heterocycles. The van der Waals surface area contributed by atoms with E-state index in [4.69, 9.17) is 0 Å². The van der Waals surface area contributed by atoms with Crippen molar-refractivity contribution in [2.75, 3.05) is 4.90 Å². The topological polar surface area (TPSA) is 28.4 Å². The Balaban J connectivity index is 1.69. The number of hydrogen-bond acceptors (Lipinski definition) is 3. The van der Waals surface area contributed by atoms with Crippen molar-refractivity contribution in [3.05, 3.63) is 54.0 Å². The number of nitrogens with one attached hydrogen (secondary N) is 1. The number of hydrogen-bond donors (Lipinski definition) is 1. The summed E-state index contributed by atoms with van der Waals surface area (Å²) in [6, 6.07) is 9.94. The van der Waals surface area contributed by atoms with E-state index in [-0.39, 0.29) is 0 Å². The molecule has 1 saturated heterocycles. The van der Waals surface area contributed by atoms with Crippen LogP contribution in [0, 0.1) is 0 Å². The van der Waals surface area contributed by atoms with E-state index in [0.717, 1.165) is 0 Å². The predicted molar refractivity (Wildman–Crippen MR) is 70.7 cm³/mol. The Labute approximate surface area is 106 Å². The number of fused-ring (bicyclic) bond motifs is 8. The molecule has 4 aliphatic heterocycles. The molecule has 1 aromatic carbocycles. The molecule has 3 atom stereocenters. The molecule has 18 heavy (non-hydrogen) atoms. The molecule has 0 spiro atoms. The van der Waals surface area contributed by atoms with Gasteiger partial charge < -0.3 is 15.1 Å². The first kappa shape index (κ1) is 9.22. The molecule has 0 amide bonds. The van der Waals surface area contributed by atoms with Gasteiger partial charge in [0.25, 0.3) is 0 Å². The van der Waals surface area contributed by atoms with Crippen molar-refractivity contribution in [1.82, 2.24) is 10.2 Å². The van der Waals surface area contributed by atoms with E-state index in [1.54, 1.807) is 0 Å². The van der Waals surface area contributed by atoms with Gasteiger partial charge in [-0.1, -0.05) is 24.3 Å². The fourth-order valence-corrected chi connectivity index (χ4v) is 3.64. The zero-order chi connectivity index (χ0) is 11.7. The van der Waals surface area contributed by atoms with Crippen molar-refractivity contribution in [2.45, 2.75) is 31.1 Å². The second kappa shape index (κ2) is 2.98. The molecular formula is C15H15N3. The van der Waals surface area contributed by atoms with E-state index in [2.05, 4.69) is 57.9 Å². The van der Waals surface area contributed by atoms with E-state index < -0.39 is 0 Å². The first-order valence-electron chi connectivity index (χ1n) is 6.72. The van der Waals surface area contributed by atoms with Crippen LogP contribution in [0.25, 0.3) is 0 Å². The maximum atomic E-state index is 3.64. The minimum absolute atomic E-state index is 0.455. The van der Waals surface area contributed by atoms with E-state index in [1.807, 2.05) is 0 Å². The van der Waals surface area contributed by atoms with Crippen molar-refractivity contribution in [2.24, 2.45) is 0 Å². The van der Waals surface area contributed by atoms with Crippen molar-refractivity contribution >= 4 is 5.69 Å². The fraction of sp³-hybridized carbons (Fsp3) is 0.333. The van der Waals surface area contributed by atoms with Crippen LogP contribution in [0.1, 0.15) is 24.4 Å². The van der Waals surface area contributed by atoms with Gasteiger partial charge in [-0.3, -0.25) is 0 Å². The van der Waals surface area contributed by atoms with Gasteiger partial charge in [0.15, 0.2) is 0 Å². The van der Waals surface area contributed by atoms with Crippen LogP contribution in [0.5, 0.6) is 0 Å². The van der Waals surface area contributed by atoms with Gasteiger partial charge >= 0.3 is 0 Å². The molecule has 0 bridgehead atoms. The number of allylic oxidation sites excluding steroid dienone is 2. The molecule has 3 heteroatoms. The monoisotopic (exact) mass is 237 g/mol. The quantitative estimate of drug-likeness (QED) is 0.702. The second-order valence-electron chi connectivity index (χ2n) is 5.50. The third kappa shape index (κ3) is 0.993. The first-order valence-corrected chi connectivity index (χ1v) is 6.72. The summed E-state index contributed by atoms with van der Waals surface area (Å²) in [7, 11) is 0. The summed E-state index contributed by atoms with van der Waals surface area (Å²) >= 11 is 0. The van der Waals surface area contributed by atoms with Crippen LogP contribution < -0.4 is 10.2 Å². The normalized spacial score (nSPS) is 34.4. The summed E-state index contributed by atoms with van der Waals surface area (Å²) in [6.45, 7) is 0. The molecule has 0 saturated carbocycles. The van der Waals surface area contributed by atoms with Crippen molar-refractivity contribution in [1.29, 1.82) is 0 Å². The lowest BCUT2D eigenvalue weighted by atomic mass is 10.00. The zero-order valence-corrected chi connectivity index (χ0v) is 10.1. The van der Waals surface area contributed by atoms with E-state index in [9.17, 15) is 0 Å². The number of nitrogens with zero attached hydrogens (tertiary/aromatic N) is 2. The maximum absolute atomic E-state index is 3.64. The maximum Gasteiger partial charge on any atom is 0.127 e. The number of anilines is 1. The van der Waals surface area contributed by atoms with Crippen LogP contribution in [0.15, 0.2) is 48.4 Å². The molecule has 4 aliphatic rings. The van der Waals surface area contributed by atoms with Crippen LogP contribution in [-0.4, -0.2) is 17.1 Å². The summed E-state index contributed by atoms with van der Waals surface area (Å²) in [5.41, 5.74) is 4.30. The molecule has 5 rings (SSSR count). The fourth-order valence-electron chi connectivity index (χ4n) is 3.64. The number of benzene rings is 1. The van der Waals surface area contributed by atoms with E-state index in [0.29, 0.717) is 18.2 Å². The lowest BCUT2D eigenvalue weighted by Crippen LogP contribution is -2.45. The Morgan fingerprint density at radius 1 is 1.17 bits per heavy atom. The molecule has 4 heterocycles. The molecular weight excluding hydrogens is 222 g/mol. The first-order chi connectivity index (χ1) is 8.93. The molecule has 0 aliphatic carbocycles. The van der Waals surface area contributed by atoms with Gasteiger partial charge in [0.2, 0.25) is 0 Å². The predicted octanol–water partition coefficient (Wildman–Crippen LogP) is 2.31. The Hall–Kier alpha value is -1.74. The van der Waals surface area contributed by atoms with Crippen LogP contribution in [0.3, 0.4) is 0 Å². The summed E-state index contributed by atoms with van der Waals surface area (Å²) in [6.07, 6.45) is 9.71. The van der Waals surface area contributed by atoms with E-state index in [1.165, 1.54) is 29.8 Å². The van der Waals surface area contributed by atoms with Crippen molar-refractivity contribution in [3.8, 4) is 0 Å². The highest BCUT2D eigenvalue weighted by Gasteiger charge is 2.55. The summed E-state index contributed by atoms with van der Waals surface area (Å²) in [5.74, 6) is 0. The Morgan fingerprint density at radius 3 is 3.11 bits per heavy atom. The highest BCUT2D eigenvalue weighted by atomic mass is 15.5. The van der Waals surface area contributed by atoms with Gasteiger partial charge in [0, 0.05) is 23.8 Å². The molecule has 0 radical (unpaired) electrons. The Bertz CT molecular complexity index is 589. The lowest BCUT2D eigenvalue weighted by molar-refractivity contribution is 0.338. The van der Waals surface area contributed by atoms with Gasteiger partial charge in [-0.2, -0.15) is 0 Å². The number of para-hydroxylation sites is 1. The molecule has 90 valence electrons. The molecule has 1 N–H and O–H groups in total. The van der Waals surface area contributed by atoms with Gasteiger partial charge in [-0.15, -0.1) is 0 Å². The summed E-state index contributed by atoms with van der Waals surface area (Å²) < 4.78 is 0. The van der Waals surface area contributed by atoms with Gasteiger partial charge in [-0.05, 0) is 24.5 Å². The minimum Gasteiger partial charge on any atom is -0.328 e. The van der Waals surface area contributed by atoms with Crippen LogP contribution in [-0.2, 0) is 0 Å². The molecule has 3 unspecified atom stereocenters. The Morgan fingerprint density at radius 2 is 2.11 bits per heavy atom. The Kier molecular flexibility index (Phi) is 1.53. The van der Waals surface area contributed by atoms with Gasteiger partial charge in [0.1, 0.15) is 6.17 Å². The smallest absolute Gasteiger partial charge is 0.127 e. The van der Waals surface area contributed by atoms with Crippen LogP contribution >= 0.6 is 0 Å². The SMILES string of the molecule is C1=CN2C(=CN3c4ccccc4C4NC4C23)CC1. The highest BCUT2D eigenvalue weighted by Crippen LogP contribution is 2.50. The van der Waals surface area contributed by atoms with Crippen molar-refractivity contribution in [3.63, 3.8) is 0 Å². The lowest BCUT2D eigenvalue weighted by Gasteiger charge is -2.36. The third-order valence-corrected chi connectivity index (χ3v) is 4.52. The van der Waals surface area contributed by atoms with Crippen LogP contribution in [0.2, 0.25) is 0 Å². The highest BCUT2D eigenvalue weighted by molar-refractivity contribution is 5.65. The zero-order valence-electron chi connectivity index (χ0n) is 10.1. The number of rotatable bonds is 0. The van der Waals surface area contributed by atoms with Gasteiger partial charge in [0.05, 0.1) is 12.1 Å². The molecule has 3 nitrogen and oxygen atoms in total. The standard InChI is InChI=1S/C15H15N3/c1-2-7-12-11(6-1)13-14(16-13)15-17-8-4-3-5-10(17)9-18(12)15/h1-2,4,6-9,13-16H,3,5H2. The largest absolute Gasteiger partial charge is 0.328 e. The van der Waals surface area contributed by atoms with Crippen molar-refractivity contribution < 1.29 is 0 Å².